The molecule has 2 aromatic carbocycles. The van der Waals surface area contributed by atoms with Gasteiger partial charge in [0.05, 0.1) is 7.11 Å². The van der Waals surface area contributed by atoms with Crippen molar-refractivity contribution in [2.24, 2.45) is 0 Å². The number of anilines is 3. The summed E-state index contributed by atoms with van der Waals surface area (Å²) < 4.78 is 5.17. The van der Waals surface area contributed by atoms with Gasteiger partial charge in [-0.1, -0.05) is 23.7 Å². The lowest BCUT2D eigenvalue weighted by Crippen LogP contribution is -2.09. The lowest BCUT2D eigenvalue weighted by Gasteiger charge is -2.10. The van der Waals surface area contributed by atoms with E-state index in [1.54, 1.807) is 7.11 Å². The standard InChI is InChI=1S/C20H21ClN4O/c1-14-13-19(24-17-7-5-16(21)6-8-17)25-20(23-14)22-12-11-15-3-9-18(26-2)10-4-15/h3-10,13H,11-12H2,1-2H3,(H2,22,23,24,25). The molecule has 0 aliphatic rings. The van der Waals surface area contributed by atoms with Crippen molar-refractivity contribution < 1.29 is 4.74 Å². The van der Waals surface area contributed by atoms with E-state index in [0.29, 0.717) is 11.0 Å². The van der Waals surface area contributed by atoms with Crippen molar-refractivity contribution in [2.45, 2.75) is 13.3 Å². The first-order chi connectivity index (χ1) is 12.6. The Morgan fingerprint density at radius 3 is 2.42 bits per heavy atom. The first kappa shape index (κ1) is 18.0. The SMILES string of the molecule is COc1ccc(CCNc2nc(C)cc(Nc3ccc(Cl)cc3)n2)cc1. The van der Waals surface area contributed by atoms with Gasteiger partial charge in [0.15, 0.2) is 0 Å². The van der Waals surface area contributed by atoms with Gasteiger partial charge in [-0.15, -0.1) is 0 Å². The number of nitrogens with zero attached hydrogens (tertiary/aromatic N) is 2. The van der Waals surface area contributed by atoms with Crippen molar-refractivity contribution in [3.05, 3.63) is 70.9 Å². The van der Waals surface area contributed by atoms with Gasteiger partial charge in [0.1, 0.15) is 11.6 Å². The minimum absolute atomic E-state index is 0.606. The van der Waals surface area contributed by atoms with Gasteiger partial charge in [-0.3, -0.25) is 0 Å². The van der Waals surface area contributed by atoms with E-state index in [1.807, 2.05) is 49.4 Å². The van der Waals surface area contributed by atoms with E-state index in [4.69, 9.17) is 16.3 Å². The van der Waals surface area contributed by atoms with Crippen LogP contribution in [0.3, 0.4) is 0 Å². The van der Waals surface area contributed by atoms with Gasteiger partial charge in [-0.25, -0.2) is 4.98 Å². The highest BCUT2D eigenvalue weighted by Gasteiger charge is 2.03. The highest BCUT2D eigenvalue weighted by Crippen LogP contribution is 2.19. The molecule has 1 heterocycles. The molecule has 0 unspecified atom stereocenters. The van der Waals surface area contributed by atoms with Gasteiger partial charge in [-0.05, 0) is 55.3 Å². The van der Waals surface area contributed by atoms with Gasteiger partial charge in [0, 0.05) is 29.0 Å². The molecule has 0 aliphatic heterocycles. The summed E-state index contributed by atoms with van der Waals surface area (Å²) in [5.41, 5.74) is 3.05. The van der Waals surface area contributed by atoms with Crippen molar-refractivity contribution in [1.29, 1.82) is 0 Å². The number of aryl methyl sites for hydroxylation is 1. The Balaban J connectivity index is 1.60. The van der Waals surface area contributed by atoms with Gasteiger partial charge in [0.2, 0.25) is 5.95 Å². The smallest absolute Gasteiger partial charge is 0.224 e. The zero-order chi connectivity index (χ0) is 18.4. The van der Waals surface area contributed by atoms with Crippen LogP contribution in [-0.4, -0.2) is 23.6 Å². The molecule has 3 aromatic rings. The Labute approximate surface area is 158 Å². The summed E-state index contributed by atoms with van der Waals surface area (Å²) in [4.78, 5) is 8.97. The molecule has 0 atom stereocenters. The fourth-order valence-corrected chi connectivity index (χ4v) is 2.63. The normalized spacial score (nSPS) is 10.4. The summed E-state index contributed by atoms with van der Waals surface area (Å²) in [5.74, 6) is 2.21. The third-order valence-corrected chi connectivity index (χ3v) is 4.08. The number of hydrogen-bond donors (Lipinski definition) is 2. The summed E-state index contributed by atoms with van der Waals surface area (Å²) in [5, 5.41) is 7.26. The van der Waals surface area contributed by atoms with Crippen molar-refractivity contribution >= 4 is 29.1 Å². The maximum Gasteiger partial charge on any atom is 0.224 e. The minimum atomic E-state index is 0.606. The predicted molar refractivity (Wildman–Crippen MR) is 107 cm³/mol. The lowest BCUT2D eigenvalue weighted by molar-refractivity contribution is 0.414. The molecular formula is C20H21ClN4O. The van der Waals surface area contributed by atoms with Gasteiger partial charge in [-0.2, -0.15) is 4.98 Å². The third-order valence-electron chi connectivity index (χ3n) is 3.83. The molecule has 6 heteroatoms. The fraction of sp³-hybridized carbons (Fsp3) is 0.200. The average molecular weight is 369 g/mol. The second-order valence-corrected chi connectivity index (χ2v) is 6.31. The number of rotatable bonds is 7. The number of methoxy groups -OCH3 is 1. The monoisotopic (exact) mass is 368 g/mol. The van der Waals surface area contributed by atoms with Crippen LogP contribution in [0.4, 0.5) is 17.5 Å². The molecule has 0 fully saturated rings. The zero-order valence-electron chi connectivity index (χ0n) is 14.8. The van der Waals surface area contributed by atoms with Crippen LogP contribution in [0.15, 0.2) is 54.6 Å². The van der Waals surface area contributed by atoms with E-state index < -0.39 is 0 Å². The Hall–Kier alpha value is -2.79. The van der Waals surface area contributed by atoms with E-state index >= 15 is 0 Å². The maximum absolute atomic E-state index is 5.92. The second kappa shape index (κ2) is 8.54. The van der Waals surface area contributed by atoms with Crippen LogP contribution in [0.25, 0.3) is 0 Å². The molecule has 1 aromatic heterocycles. The molecule has 0 bridgehead atoms. The molecule has 0 radical (unpaired) electrons. The highest BCUT2D eigenvalue weighted by atomic mass is 35.5. The van der Waals surface area contributed by atoms with Crippen LogP contribution < -0.4 is 15.4 Å². The molecule has 0 spiro atoms. The number of halogens is 1. The molecule has 2 N–H and O–H groups in total. The average Bonchev–Trinajstić information content (AvgIpc) is 2.64. The number of benzene rings is 2. The topological polar surface area (TPSA) is 59.1 Å². The van der Waals surface area contributed by atoms with Crippen molar-refractivity contribution in [1.82, 2.24) is 9.97 Å². The van der Waals surface area contributed by atoms with Crippen LogP contribution in [0.5, 0.6) is 5.75 Å². The van der Waals surface area contributed by atoms with Gasteiger partial charge >= 0.3 is 0 Å². The molecule has 3 rings (SSSR count). The summed E-state index contributed by atoms with van der Waals surface area (Å²) in [6.07, 6.45) is 0.876. The van der Waals surface area contributed by atoms with Crippen molar-refractivity contribution in [3.63, 3.8) is 0 Å². The summed E-state index contributed by atoms with van der Waals surface area (Å²) in [7, 11) is 1.67. The molecule has 5 nitrogen and oxygen atoms in total. The molecule has 0 amide bonds. The second-order valence-electron chi connectivity index (χ2n) is 5.87. The maximum atomic E-state index is 5.92. The molecule has 26 heavy (non-hydrogen) atoms. The van der Waals surface area contributed by atoms with Crippen LogP contribution in [0, 0.1) is 6.92 Å². The lowest BCUT2D eigenvalue weighted by atomic mass is 10.1. The Kier molecular flexibility index (Phi) is 5.92. The summed E-state index contributed by atoms with van der Waals surface area (Å²) >= 11 is 5.92. The fourth-order valence-electron chi connectivity index (χ4n) is 2.50. The Morgan fingerprint density at radius 2 is 1.73 bits per heavy atom. The van der Waals surface area contributed by atoms with Gasteiger partial charge in [0.25, 0.3) is 0 Å². The number of aromatic nitrogens is 2. The third kappa shape index (κ3) is 5.10. The van der Waals surface area contributed by atoms with Crippen LogP contribution in [-0.2, 0) is 6.42 Å². The first-order valence-corrected chi connectivity index (χ1v) is 8.75. The largest absolute Gasteiger partial charge is 0.497 e. The number of hydrogen-bond acceptors (Lipinski definition) is 5. The summed E-state index contributed by atoms with van der Waals surface area (Å²) in [6, 6.07) is 17.5. The molecule has 0 saturated heterocycles. The Morgan fingerprint density at radius 1 is 1.00 bits per heavy atom. The van der Waals surface area contributed by atoms with E-state index in [0.717, 1.165) is 35.9 Å². The molecule has 0 aliphatic carbocycles. The van der Waals surface area contributed by atoms with E-state index in [1.165, 1.54) is 5.56 Å². The first-order valence-electron chi connectivity index (χ1n) is 8.37. The minimum Gasteiger partial charge on any atom is -0.497 e. The number of ether oxygens (including phenoxy) is 1. The van der Waals surface area contributed by atoms with Crippen molar-refractivity contribution in [3.8, 4) is 5.75 Å². The van der Waals surface area contributed by atoms with Crippen LogP contribution in [0.1, 0.15) is 11.3 Å². The van der Waals surface area contributed by atoms with E-state index in [2.05, 4.69) is 32.7 Å². The van der Waals surface area contributed by atoms with Crippen LogP contribution >= 0.6 is 11.6 Å². The van der Waals surface area contributed by atoms with E-state index in [9.17, 15) is 0 Å². The van der Waals surface area contributed by atoms with Crippen molar-refractivity contribution in [2.75, 3.05) is 24.3 Å². The predicted octanol–water partition coefficient (Wildman–Crippen LogP) is 4.85. The van der Waals surface area contributed by atoms with Crippen LogP contribution in [0.2, 0.25) is 5.02 Å². The quantitative estimate of drug-likeness (QED) is 0.624. The number of nitrogens with one attached hydrogen (secondary N) is 2. The zero-order valence-corrected chi connectivity index (χ0v) is 15.5. The summed E-state index contributed by atoms with van der Waals surface area (Å²) in [6.45, 7) is 2.69. The Bertz CT molecular complexity index is 851. The highest BCUT2D eigenvalue weighted by molar-refractivity contribution is 6.30. The van der Waals surface area contributed by atoms with Gasteiger partial charge < -0.3 is 15.4 Å². The molecular weight excluding hydrogens is 348 g/mol. The molecule has 134 valence electrons. The van der Waals surface area contributed by atoms with E-state index in [-0.39, 0.29) is 0 Å². The molecule has 0 saturated carbocycles.